The Labute approximate surface area is 120 Å². The largest absolute Gasteiger partial charge is 0.388 e. The molecule has 0 unspecified atom stereocenters. The van der Waals surface area contributed by atoms with Gasteiger partial charge in [-0.2, -0.15) is 0 Å². The maximum Gasteiger partial charge on any atom is 0.292 e. The molecule has 0 heterocycles. The summed E-state index contributed by atoms with van der Waals surface area (Å²) >= 11 is 0. The van der Waals surface area contributed by atoms with Crippen LogP contribution in [0.15, 0.2) is 42.5 Å². The van der Waals surface area contributed by atoms with Crippen molar-refractivity contribution in [3.05, 3.63) is 53.6 Å². The first-order chi connectivity index (χ1) is 9.65. The maximum atomic E-state index is 8.51. The summed E-state index contributed by atoms with van der Waals surface area (Å²) in [5.41, 5.74) is 5.11. The van der Waals surface area contributed by atoms with E-state index in [1.54, 1.807) is 6.26 Å². The van der Waals surface area contributed by atoms with Crippen LogP contribution in [0.2, 0.25) is 0 Å². The molecular weight excluding hydrogens is 246 g/mol. The van der Waals surface area contributed by atoms with Gasteiger partial charge in [-0.3, -0.25) is 0 Å². The monoisotopic (exact) mass is 265 g/mol. The third kappa shape index (κ3) is 3.00. The fourth-order valence-corrected chi connectivity index (χ4v) is 2.29. The van der Waals surface area contributed by atoms with Crippen molar-refractivity contribution in [1.29, 1.82) is 5.26 Å². The van der Waals surface area contributed by atoms with Gasteiger partial charge in [0.15, 0.2) is 0 Å². The van der Waals surface area contributed by atoms with E-state index in [-0.39, 0.29) is 0 Å². The second kappa shape index (κ2) is 6.25. The van der Waals surface area contributed by atoms with Crippen molar-refractivity contribution in [2.75, 3.05) is 0 Å². The first kappa shape index (κ1) is 14.1. The highest BCUT2D eigenvalue weighted by Crippen LogP contribution is 2.29. The van der Waals surface area contributed by atoms with Crippen LogP contribution in [-0.2, 0) is 6.42 Å². The molecule has 2 heteroatoms. The average molecular weight is 265 g/mol. The first-order valence-electron chi connectivity index (χ1n) is 6.95. The van der Waals surface area contributed by atoms with Crippen LogP contribution in [0.5, 0.6) is 5.75 Å². The second-order valence-corrected chi connectivity index (χ2v) is 5.14. The molecule has 20 heavy (non-hydrogen) atoms. The van der Waals surface area contributed by atoms with Crippen molar-refractivity contribution in [3.8, 4) is 23.1 Å². The number of nitrogens with zero attached hydrogens (tertiary/aromatic N) is 1. The van der Waals surface area contributed by atoms with Crippen molar-refractivity contribution in [1.82, 2.24) is 0 Å². The molecule has 0 aliphatic rings. The van der Waals surface area contributed by atoms with Crippen molar-refractivity contribution in [2.45, 2.75) is 33.1 Å². The van der Waals surface area contributed by atoms with E-state index in [0.717, 1.165) is 12.0 Å². The summed E-state index contributed by atoms with van der Waals surface area (Å²) in [6.45, 7) is 6.57. The van der Waals surface area contributed by atoms with Crippen LogP contribution >= 0.6 is 0 Å². The quantitative estimate of drug-likeness (QED) is 0.737. The van der Waals surface area contributed by atoms with Gasteiger partial charge >= 0.3 is 0 Å². The number of hydrogen-bond acceptors (Lipinski definition) is 2. The van der Waals surface area contributed by atoms with E-state index in [0.29, 0.717) is 11.7 Å². The molecule has 0 aromatic heterocycles. The number of aryl methyl sites for hydroxylation is 1. The summed E-state index contributed by atoms with van der Waals surface area (Å²) in [6, 6.07) is 14.4. The fourth-order valence-electron chi connectivity index (χ4n) is 2.29. The molecule has 2 aromatic carbocycles. The van der Waals surface area contributed by atoms with Crippen molar-refractivity contribution < 1.29 is 4.74 Å². The molecule has 2 nitrogen and oxygen atoms in total. The highest BCUT2D eigenvalue weighted by Gasteiger charge is 2.08. The molecule has 0 spiro atoms. The average Bonchev–Trinajstić information content (AvgIpc) is 2.47. The zero-order chi connectivity index (χ0) is 14.5. The fraction of sp³-hybridized carbons (Fsp3) is 0.278. The van der Waals surface area contributed by atoms with E-state index in [1.165, 1.54) is 16.7 Å². The lowest BCUT2D eigenvalue weighted by atomic mass is 9.92. The van der Waals surface area contributed by atoms with Gasteiger partial charge in [-0.1, -0.05) is 51.1 Å². The van der Waals surface area contributed by atoms with Gasteiger partial charge in [-0.05, 0) is 46.7 Å². The van der Waals surface area contributed by atoms with Gasteiger partial charge in [0.2, 0.25) is 0 Å². The van der Waals surface area contributed by atoms with Gasteiger partial charge in [0, 0.05) is 0 Å². The molecule has 0 N–H and O–H groups in total. The lowest BCUT2D eigenvalue weighted by molar-refractivity contribution is 0.507. The molecule has 2 aromatic rings. The molecule has 0 radical (unpaired) electrons. The highest BCUT2D eigenvalue weighted by molar-refractivity contribution is 5.69. The van der Waals surface area contributed by atoms with Crippen molar-refractivity contribution >= 4 is 0 Å². The number of hydrogen-bond donors (Lipinski definition) is 0. The Morgan fingerprint density at radius 1 is 1.10 bits per heavy atom. The molecular formula is C18H19NO. The van der Waals surface area contributed by atoms with E-state index in [9.17, 15) is 0 Å². The molecule has 2 rings (SSSR count). The van der Waals surface area contributed by atoms with Crippen LogP contribution in [0.25, 0.3) is 11.1 Å². The van der Waals surface area contributed by atoms with Gasteiger partial charge < -0.3 is 4.74 Å². The van der Waals surface area contributed by atoms with Crippen LogP contribution in [0, 0.1) is 11.5 Å². The van der Waals surface area contributed by atoms with Crippen LogP contribution in [0.3, 0.4) is 0 Å². The van der Waals surface area contributed by atoms with Crippen LogP contribution in [0.4, 0.5) is 0 Å². The molecule has 102 valence electrons. The van der Waals surface area contributed by atoms with Gasteiger partial charge in [0.25, 0.3) is 6.26 Å². The Morgan fingerprint density at radius 3 is 2.35 bits per heavy atom. The predicted octanol–water partition coefficient (Wildman–Crippen LogP) is 4.90. The Bertz CT molecular complexity index is 621. The minimum atomic E-state index is 0.515. The molecule has 0 fully saturated rings. The Kier molecular flexibility index (Phi) is 4.42. The smallest absolute Gasteiger partial charge is 0.292 e. The summed E-state index contributed by atoms with van der Waals surface area (Å²) in [6.07, 6.45) is 2.69. The summed E-state index contributed by atoms with van der Waals surface area (Å²) in [4.78, 5) is 0. The van der Waals surface area contributed by atoms with Gasteiger partial charge in [0.1, 0.15) is 5.75 Å². The normalized spacial score (nSPS) is 10.3. The van der Waals surface area contributed by atoms with Gasteiger partial charge in [-0.25, -0.2) is 0 Å². The summed E-state index contributed by atoms with van der Waals surface area (Å²) in [5.74, 6) is 1.09. The Morgan fingerprint density at radius 2 is 1.80 bits per heavy atom. The third-order valence-corrected chi connectivity index (χ3v) is 3.51. The van der Waals surface area contributed by atoms with Gasteiger partial charge in [-0.15, -0.1) is 5.26 Å². The van der Waals surface area contributed by atoms with E-state index < -0.39 is 0 Å². The van der Waals surface area contributed by atoms with E-state index in [4.69, 9.17) is 10.00 Å². The summed E-state index contributed by atoms with van der Waals surface area (Å²) in [5, 5.41) is 8.51. The SMILES string of the molecule is CCc1ccc(C(C)C)cc1-c1ccc(OC#N)cc1. The molecule has 0 atom stereocenters. The predicted molar refractivity (Wildman–Crippen MR) is 81.6 cm³/mol. The summed E-state index contributed by atoms with van der Waals surface area (Å²) in [7, 11) is 0. The van der Waals surface area contributed by atoms with E-state index >= 15 is 0 Å². The van der Waals surface area contributed by atoms with Crippen LogP contribution < -0.4 is 4.74 Å². The van der Waals surface area contributed by atoms with Crippen molar-refractivity contribution in [2.24, 2.45) is 0 Å². The minimum Gasteiger partial charge on any atom is -0.388 e. The molecule has 0 saturated carbocycles. The molecule has 0 aliphatic carbocycles. The van der Waals surface area contributed by atoms with Crippen LogP contribution in [0.1, 0.15) is 37.8 Å². The molecule has 0 amide bonds. The first-order valence-corrected chi connectivity index (χ1v) is 6.95. The minimum absolute atomic E-state index is 0.515. The zero-order valence-corrected chi connectivity index (χ0v) is 12.2. The summed E-state index contributed by atoms with van der Waals surface area (Å²) < 4.78 is 4.82. The standard InChI is InChI=1S/C18H19NO/c1-4-14-5-6-16(13(2)3)11-18(14)15-7-9-17(10-8-15)20-12-19/h5-11,13H,4H2,1-3H3. The van der Waals surface area contributed by atoms with E-state index in [2.05, 4.69) is 39.0 Å². The zero-order valence-electron chi connectivity index (χ0n) is 12.2. The number of benzene rings is 2. The maximum absolute atomic E-state index is 8.51. The second-order valence-electron chi connectivity index (χ2n) is 5.14. The molecule has 0 bridgehead atoms. The molecule has 0 aliphatic heterocycles. The van der Waals surface area contributed by atoms with Crippen molar-refractivity contribution in [3.63, 3.8) is 0 Å². The number of nitriles is 1. The third-order valence-electron chi connectivity index (χ3n) is 3.51. The number of ether oxygens (including phenoxy) is 1. The number of rotatable bonds is 4. The topological polar surface area (TPSA) is 33.0 Å². The van der Waals surface area contributed by atoms with Gasteiger partial charge in [0.05, 0.1) is 0 Å². The highest BCUT2D eigenvalue weighted by atomic mass is 16.5. The molecule has 0 saturated heterocycles. The van der Waals surface area contributed by atoms with E-state index in [1.807, 2.05) is 24.3 Å². The Balaban J connectivity index is 2.44. The lowest BCUT2D eigenvalue weighted by Crippen LogP contribution is -1.93. The lowest BCUT2D eigenvalue weighted by Gasteiger charge is -2.13. The Hall–Kier alpha value is -2.27. The van der Waals surface area contributed by atoms with Crippen LogP contribution in [-0.4, -0.2) is 0 Å².